The molecule has 2 aromatic carbocycles. The lowest BCUT2D eigenvalue weighted by molar-refractivity contribution is -0.194. The van der Waals surface area contributed by atoms with Gasteiger partial charge in [-0.2, -0.15) is 0 Å². The Kier molecular flexibility index (Phi) is 6.18. The van der Waals surface area contributed by atoms with Gasteiger partial charge in [-0.05, 0) is 15.4 Å². The van der Waals surface area contributed by atoms with Crippen LogP contribution in [0.3, 0.4) is 0 Å². The van der Waals surface area contributed by atoms with Crippen molar-refractivity contribution in [3.05, 3.63) is 60.7 Å². The first-order valence-electron chi connectivity index (χ1n) is 9.60. The molecule has 0 spiro atoms. The molecule has 0 radical (unpaired) electrons. The van der Waals surface area contributed by atoms with E-state index in [4.69, 9.17) is 9.16 Å². The second-order valence-electron chi connectivity index (χ2n) is 8.27. The Labute approximate surface area is 162 Å². The first-order chi connectivity index (χ1) is 12.9. The predicted molar refractivity (Wildman–Crippen MR) is 110 cm³/mol. The van der Waals surface area contributed by atoms with Gasteiger partial charge in [-0.1, -0.05) is 81.4 Å². The number of hydrogen-bond donors (Lipinski definition) is 2. The van der Waals surface area contributed by atoms with Gasteiger partial charge in [0.25, 0.3) is 8.32 Å². The molecule has 0 unspecified atom stereocenters. The fourth-order valence-electron chi connectivity index (χ4n) is 4.10. The number of hydrogen-bond acceptors (Lipinski definition) is 4. The number of ether oxygens (including phenoxy) is 1. The maximum absolute atomic E-state index is 10.1. The van der Waals surface area contributed by atoms with Gasteiger partial charge < -0.3 is 19.4 Å². The molecule has 1 fully saturated rings. The van der Waals surface area contributed by atoms with E-state index in [2.05, 4.69) is 69.3 Å². The van der Waals surface area contributed by atoms with Gasteiger partial charge in [-0.3, -0.25) is 0 Å². The first-order valence-corrected chi connectivity index (χ1v) is 11.5. The van der Waals surface area contributed by atoms with E-state index >= 15 is 0 Å². The van der Waals surface area contributed by atoms with Gasteiger partial charge in [0.1, 0.15) is 0 Å². The molecule has 0 bridgehead atoms. The molecule has 5 heteroatoms. The summed E-state index contributed by atoms with van der Waals surface area (Å²) < 4.78 is 12.4. The van der Waals surface area contributed by atoms with E-state index in [1.807, 2.05) is 12.1 Å². The molecular formula is C22H30O4Si. The largest absolute Gasteiger partial charge is 0.404 e. The molecule has 0 amide bonds. The average Bonchev–Trinajstić information content (AvgIpc) is 2.66. The van der Waals surface area contributed by atoms with Crippen molar-refractivity contribution in [2.45, 2.75) is 57.1 Å². The molecule has 2 N–H and O–H groups in total. The number of benzene rings is 2. The lowest BCUT2D eigenvalue weighted by atomic mass is 10.1. The molecule has 0 saturated carbocycles. The Morgan fingerprint density at radius 2 is 1.48 bits per heavy atom. The molecular weight excluding hydrogens is 356 g/mol. The van der Waals surface area contributed by atoms with Gasteiger partial charge in [0.15, 0.2) is 6.29 Å². The van der Waals surface area contributed by atoms with Crippen LogP contribution in [-0.2, 0) is 9.16 Å². The number of aliphatic hydroxyl groups excluding tert-OH is 2. The highest BCUT2D eigenvalue weighted by Gasteiger charge is 2.52. The third-order valence-corrected chi connectivity index (χ3v) is 10.4. The maximum atomic E-state index is 10.1. The van der Waals surface area contributed by atoms with E-state index in [1.54, 1.807) is 0 Å². The summed E-state index contributed by atoms with van der Waals surface area (Å²) in [4.78, 5) is 0. The Morgan fingerprint density at radius 3 is 1.93 bits per heavy atom. The Hall–Kier alpha value is -1.50. The van der Waals surface area contributed by atoms with Crippen molar-refractivity contribution in [1.29, 1.82) is 0 Å². The molecule has 3 rings (SSSR count). The van der Waals surface area contributed by atoms with E-state index in [0.717, 1.165) is 0 Å². The van der Waals surface area contributed by atoms with Gasteiger partial charge in [0, 0.05) is 12.8 Å². The molecule has 1 heterocycles. The minimum absolute atomic E-state index is 0.113. The third kappa shape index (κ3) is 4.17. The Bertz CT molecular complexity index is 675. The molecule has 3 atom stereocenters. The summed E-state index contributed by atoms with van der Waals surface area (Å²) >= 11 is 0. The molecule has 1 aliphatic rings. The monoisotopic (exact) mass is 386 g/mol. The summed E-state index contributed by atoms with van der Waals surface area (Å²) in [5.41, 5.74) is 0. The fourth-order valence-corrected chi connectivity index (χ4v) is 8.81. The summed E-state index contributed by atoms with van der Waals surface area (Å²) in [5, 5.41) is 22.0. The van der Waals surface area contributed by atoms with Crippen LogP contribution in [0.25, 0.3) is 0 Å². The first kappa shape index (κ1) is 20.2. The fraction of sp³-hybridized carbons (Fsp3) is 0.455. The van der Waals surface area contributed by atoms with Crippen LogP contribution >= 0.6 is 0 Å². The zero-order valence-electron chi connectivity index (χ0n) is 16.3. The molecule has 146 valence electrons. The van der Waals surface area contributed by atoms with Crippen LogP contribution in [0.2, 0.25) is 5.04 Å². The lowest BCUT2D eigenvalue weighted by Crippen LogP contribution is -2.68. The van der Waals surface area contributed by atoms with Crippen LogP contribution in [-0.4, -0.2) is 43.6 Å². The molecule has 2 aromatic rings. The van der Waals surface area contributed by atoms with Crippen LogP contribution in [0.5, 0.6) is 0 Å². The van der Waals surface area contributed by atoms with Crippen LogP contribution in [0.15, 0.2) is 60.7 Å². The molecule has 0 aromatic heterocycles. The normalized spacial score (nSPS) is 24.0. The topological polar surface area (TPSA) is 58.9 Å². The highest BCUT2D eigenvalue weighted by molar-refractivity contribution is 6.99. The summed E-state index contributed by atoms with van der Waals surface area (Å²) in [6, 6.07) is 20.9. The Balaban J connectivity index is 2.09. The third-order valence-electron chi connectivity index (χ3n) is 5.30. The quantitative estimate of drug-likeness (QED) is 0.775. The Morgan fingerprint density at radius 1 is 0.963 bits per heavy atom. The molecule has 1 aliphatic heterocycles. The predicted octanol–water partition coefficient (Wildman–Crippen LogP) is 2.42. The minimum atomic E-state index is -2.66. The van der Waals surface area contributed by atoms with E-state index < -0.39 is 20.7 Å². The van der Waals surface area contributed by atoms with Gasteiger partial charge >= 0.3 is 0 Å². The highest BCUT2D eigenvalue weighted by atomic mass is 28.4. The van der Waals surface area contributed by atoms with Crippen LogP contribution in [0.4, 0.5) is 0 Å². The summed E-state index contributed by atoms with van der Waals surface area (Å²) in [7, 11) is -2.66. The van der Waals surface area contributed by atoms with E-state index in [1.165, 1.54) is 10.4 Å². The molecule has 0 aliphatic carbocycles. The van der Waals surface area contributed by atoms with Gasteiger partial charge in [0.05, 0.1) is 18.8 Å². The second kappa shape index (κ2) is 8.25. The molecule has 1 saturated heterocycles. The summed E-state index contributed by atoms with van der Waals surface area (Å²) in [6.45, 7) is 6.59. The van der Waals surface area contributed by atoms with Crippen molar-refractivity contribution in [2.24, 2.45) is 0 Å². The van der Waals surface area contributed by atoms with Crippen LogP contribution in [0.1, 0.15) is 33.6 Å². The number of rotatable bonds is 5. The van der Waals surface area contributed by atoms with Crippen molar-refractivity contribution in [3.63, 3.8) is 0 Å². The summed E-state index contributed by atoms with van der Waals surface area (Å²) in [5.74, 6) is 0. The number of aliphatic hydroxyl groups is 2. The zero-order valence-corrected chi connectivity index (χ0v) is 17.3. The maximum Gasteiger partial charge on any atom is 0.261 e. The van der Waals surface area contributed by atoms with Crippen molar-refractivity contribution >= 4 is 18.7 Å². The smallest absolute Gasteiger partial charge is 0.261 e. The zero-order chi connectivity index (χ0) is 19.5. The van der Waals surface area contributed by atoms with Gasteiger partial charge in [-0.15, -0.1) is 0 Å². The van der Waals surface area contributed by atoms with E-state index in [0.29, 0.717) is 12.8 Å². The van der Waals surface area contributed by atoms with E-state index in [-0.39, 0.29) is 17.7 Å². The molecule has 4 nitrogen and oxygen atoms in total. The highest BCUT2D eigenvalue weighted by Crippen LogP contribution is 2.39. The summed E-state index contributed by atoms with van der Waals surface area (Å²) in [6.07, 6.45) is -0.465. The van der Waals surface area contributed by atoms with Crippen molar-refractivity contribution in [1.82, 2.24) is 0 Å². The van der Waals surface area contributed by atoms with Crippen molar-refractivity contribution in [3.8, 4) is 0 Å². The van der Waals surface area contributed by atoms with Crippen molar-refractivity contribution in [2.75, 3.05) is 6.61 Å². The van der Waals surface area contributed by atoms with Gasteiger partial charge in [-0.25, -0.2) is 0 Å². The van der Waals surface area contributed by atoms with Crippen LogP contribution < -0.4 is 10.4 Å². The van der Waals surface area contributed by atoms with Crippen molar-refractivity contribution < 1.29 is 19.4 Å². The minimum Gasteiger partial charge on any atom is -0.404 e. The molecule has 27 heavy (non-hydrogen) atoms. The standard InChI is InChI=1S/C22H30O4Si/c1-22(2,3)27(19-10-6-4-7-11-19,20-12-8-5-9-13-20)26-17-14-18(16-23)25-21(24)15-17/h4-13,17-18,21,23-24H,14-16H2,1-3H3/t17-,18+,21+/m1/s1. The SMILES string of the molecule is CC(C)(C)[Si](O[C@@H]1C[C@@H](CO)O[C@H](O)C1)(c1ccccc1)c1ccccc1. The second-order valence-corrected chi connectivity index (χ2v) is 12.5. The lowest BCUT2D eigenvalue weighted by Gasteiger charge is -2.46. The average molecular weight is 387 g/mol. The van der Waals surface area contributed by atoms with Crippen LogP contribution in [0, 0.1) is 0 Å². The van der Waals surface area contributed by atoms with Gasteiger partial charge in [0.2, 0.25) is 0 Å². The van der Waals surface area contributed by atoms with E-state index in [9.17, 15) is 10.2 Å².